The van der Waals surface area contributed by atoms with E-state index in [2.05, 4.69) is 22.8 Å². The molecule has 1 aromatic carbocycles. The van der Waals surface area contributed by atoms with Crippen LogP contribution in [-0.2, 0) is 16.1 Å². The van der Waals surface area contributed by atoms with Crippen LogP contribution in [0.25, 0.3) is 11.0 Å². The maximum Gasteiger partial charge on any atom is 0.227 e. The highest BCUT2D eigenvalue weighted by Gasteiger charge is 2.16. The van der Waals surface area contributed by atoms with Gasteiger partial charge in [-0.25, -0.2) is 0 Å². The number of benzene rings is 1. The van der Waals surface area contributed by atoms with Gasteiger partial charge in [0.05, 0.1) is 19.6 Å². The van der Waals surface area contributed by atoms with Gasteiger partial charge in [0.25, 0.3) is 0 Å². The highest BCUT2D eigenvalue weighted by Crippen LogP contribution is 2.18. The summed E-state index contributed by atoms with van der Waals surface area (Å²) in [6, 6.07) is 10.1. The Balaban J connectivity index is 1.26. The predicted molar refractivity (Wildman–Crippen MR) is 103 cm³/mol. The van der Waals surface area contributed by atoms with Crippen LogP contribution in [0.2, 0.25) is 0 Å². The lowest BCUT2D eigenvalue weighted by Gasteiger charge is -2.15. The van der Waals surface area contributed by atoms with E-state index in [0.29, 0.717) is 13.0 Å². The van der Waals surface area contributed by atoms with Gasteiger partial charge in [0.15, 0.2) is 0 Å². The molecule has 1 aromatic heterocycles. The molecule has 5 heteroatoms. The van der Waals surface area contributed by atoms with Gasteiger partial charge in [-0.3, -0.25) is 4.79 Å². The summed E-state index contributed by atoms with van der Waals surface area (Å²) in [4.78, 5) is 12.1. The van der Waals surface area contributed by atoms with E-state index < -0.39 is 0 Å². The molecule has 5 nitrogen and oxygen atoms in total. The van der Waals surface area contributed by atoms with Gasteiger partial charge < -0.3 is 19.8 Å². The topological polar surface area (TPSA) is 63.5 Å². The van der Waals surface area contributed by atoms with E-state index in [1.54, 1.807) is 7.11 Å². The van der Waals surface area contributed by atoms with Gasteiger partial charge in [-0.05, 0) is 50.1 Å². The number of nitrogens with one attached hydrogen (secondary N) is 2. The molecule has 1 aliphatic rings. The number of rotatable bonds is 9. The van der Waals surface area contributed by atoms with Crippen molar-refractivity contribution in [1.29, 1.82) is 0 Å². The first kappa shape index (κ1) is 18.3. The summed E-state index contributed by atoms with van der Waals surface area (Å²) in [5, 5.41) is 7.53. The van der Waals surface area contributed by atoms with Crippen molar-refractivity contribution in [1.82, 2.24) is 10.6 Å². The molecule has 1 atom stereocenters. The molecule has 3 rings (SSSR count). The number of amides is 1. The second-order valence-corrected chi connectivity index (χ2v) is 6.44. The van der Waals surface area contributed by atoms with Gasteiger partial charge in [0.2, 0.25) is 5.91 Å². The SMILES string of the molecule is COC1=CCC(C(=O)NCCCCNCc2cc3ccccc3o2)C=C1. The summed E-state index contributed by atoms with van der Waals surface area (Å²) < 4.78 is 10.9. The molecule has 0 saturated carbocycles. The van der Waals surface area contributed by atoms with E-state index in [1.165, 1.54) is 0 Å². The zero-order valence-electron chi connectivity index (χ0n) is 15.2. The van der Waals surface area contributed by atoms with Crippen LogP contribution in [0.3, 0.4) is 0 Å². The monoisotopic (exact) mass is 354 g/mol. The Morgan fingerprint density at radius 2 is 2.12 bits per heavy atom. The summed E-state index contributed by atoms with van der Waals surface area (Å²) >= 11 is 0. The first-order valence-corrected chi connectivity index (χ1v) is 9.14. The van der Waals surface area contributed by atoms with E-state index in [-0.39, 0.29) is 11.8 Å². The number of furan rings is 1. The highest BCUT2D eigenvalue weighted by atomic mass is 16.5. The Hall–Kier alpha value is -2.53. The fourth-order valence-corrected chi connectivity index (χ4v) is 3.00. The number of methoxy groups -OCH3 is 1. The average molecular weight is 354 g/mol. The largest absolute Gasteiger partial charge is 0.497 e. The lowest BCUT2D eigenvalue weighted by atomic mass is 9.99. The molecule has 138 valence electrons. The normalized spacial score (nSPS) is 16.5. The third-order valence-electron chi connectivity index (χ3n) is 4.49. The fraction of sp³-hybridized carbons (Fsp3) is 0.381. The lowest BCUT2D eigenvalue weighted by molar-refractivity contribution is -0.123. The Bertz CT molecular complexity index is 758. The van der Waals surface area contributed by atoms with E-state index >= 15 is 0 Å². The Morgan fingerprint density at radius 1 is 1.27 bits per heavy atom. The molecule has 1 aliphatic carbocycles. The minimum absolute atomic E-state index is 0.0832. The fourth-order valence-electron chi connectivity index (χ4n) is 3.00. The van der Waals surface area contributed by atoms with E-state index in [4.69, 9.17) is 9.15 Å². The van der Waals surface area contributed by atoms with Crippen molar-refractivity contribution >= 4 is 16.9 Å². The smallest absolute Gasteiger partial charge is 0.227 e. The van der Waals surface area contributed by atoms with Crippen LogP contribution in [-0.4, -0.2) is 26.1 Å². The zero-order valence-corrected chi connectivity index (χ0v) is 15.2. The molecule has 0 bridgehead atoms. The number of fused-ring (bicyclic) bond motifs is 1. The maximum absolute atomic E-state index is 12.1. The molecule has 1 heterocycles. The summed E-state index contributed by atoms with van der Waals surface area (Å²) in [5.74, 6) is 1.78. The van der Waals surface area contributed by atoms with Crippen LogP contribution in [0.5, 0.6) is 0 Å². The maximum atomic E-state index is 12.1. The molecule has 0 radical (unpaired) electrons. The molecule has 0 spiro atoms. The van der Waals surface area contributed by atoms with E-state index in [1.807, 2.05) is 36.4 Å². The molecule has 0 fully saturated rings. The lowest BCUT2D eigenvalue weighted by Crippen LogP contribution is -2.31. The molecule has 2 N–H and O–H groups in total. The van der Waals surface area contributed by atoms with Gasteiger partial charge in [-0.2, -0.15) is 0 Å². The Kier molecular flexibility index (Phi) is 6.50. The molecule has 0 saturated heterocycles. The van der Waals surface area contributed by atoms with Gasteiger partial charge in [-0.15, -0.1) is 0 Å². The highest BCUT2D eigenvalue weighted by molar-refractivity contribution is 5.81. The number of para-hydroxylation sites is 1. The van der Waals surface area contributed by atoms with Crippen LogP contribution in [0.1, 0.15) is 25.0 Å². The van der Waals surface area contributed by atoms with Crippen molar-refractivity contribution in [3.63, 3.8) is 0 Å². The third kappa shape index (κ3) is 4.99. The van der Waals surface area contributed by atoms with Crippen LogP contribution in [0, 0.1) is 5.92 Å². The number of hydrogen-bond acceptors (Lipinski definition) is 4. The molecule has 26 heavy (non-hydrogen) atoms. The number of carbonyl (C=O) groups excluding carboxylic acids is 1. The standard InChI is InChI=1S/C21H26N2O3/c1-25-18-10-8-16(9-11-18)21(24)23-13-5-4-12-22-15-19-14-17-6-2-3-7-20(17)26-19/h2-3,6-8,10-11,14,16,22H,4-5,9,12-13,15H2,1H3,(H,23,24). The van der Waals surface area contributed by atoms with Gasteiger partial charge in [0, 0.05) is 11.9 Å². The summed E-state index contributed by atoms with van der Waals surface area (Å²) in [6.45, 7) is 2.33. The zero-order chi connectivity index (χ0) is 18.2. The summed E-state index contributed by atoms with van der Waals surface area (Å²) in [6.07, 6.45) is 8.37. The number of ether oxygens (including phenoxy) is 1. The summed E-state index contributed by atoms with van der Waals surface area (Å²) in [7, 11) is 1.64. The van der Waals surface area contributed by atoms with Crippen molar-refractivity contribution in [2.75, 3.05) is 20.2 Å². The van der Waals surface area contributed by atoms with Crippen LogP contribution in [0.4, 0.5) is 0 Å². The van der Waals surface area contributed by atoms with Crippen molar-refractivity contribution in [2.45, 2.75) is 25.8 Å². The Labute approximate surface area is 154 Å². The van der Waals surface area contributed by atoms with E-state index in [9.17, 15) is 4.79 Å². The number of hydrogen-bond donors (Lipinski definition) is 2. The second kappa shape index (κ2) is 9.25. The summed E-state index contributed by atoms with van der Waals surface area (Å²) in [5.41, 5.74) is 0.927. The van der Waals surface area contributed by atoms with Crippen molar-refractivity contribution < 1.29 is 13.9 Å². The van der Waals surface area contributed by atoms with Crippen LogP contribution in [0.15, 0.2) is 58.7 Å². The number of unbranched alkanes of at least 4 members (excludes halogenated alkanes) is 1. The van der Waals surface area contributed by atoms with Crippen molar-refractivity contribution in [3.05, 3.63) is 60.1 Å². The Morgan fingerprint density at radius 3 is 2.88 bits per heavy atom. The quantitative estimate of drug-likeness (QED) is 0.676. The minimum atomic E-state index is -0.0832. The molecule has 2 aromatic rings. The molecule has 0 aliphatic heterocycles. The van der Waals surface area contributed by atoms with Gasteiger partial charge in [-0.1, -0.05) is 24.3 Å². The molecule has 1 amide bonds. The van der Waals surface area contributed by atoms with Crippen LogP contribution >= 0.6 is 0 Å². The molecule has 1 unspecified atom stereocenters. The average Bonchev–Trinajstić information content (AvgIpc) is 3.10. The second-order valence-electron chi connectivity index (χ2n) is 6.44. The van der Waals surface area contributed by atoms with Crippen molar-refractivity contribution in [2.24, 2.45) is 5.92 Å². The molecular formula is C21H26N2O3. The van der Waals surface area contributed by atoms with Gasteiger partial charge >= 0.3 is 0 Å². The van der Waals surface area contributed by atoms with Crippen molar-refractivity contribution in [3.8, 4) is 0 Å². The first-order chi connectivity index (χ1) is 12.8. The minimum Gasteiger partial charge on any atom is -0.497 e. The predicted octanol–water partition coefficient (Wildman–Crippen LogP) is 3.53. The number of carbonyl (C=O) groups is 1. The first-order valence-electron chi connectivity index (χ1n) is 9.14. The third-order valence-corrected chi connectivity index (χ3v) is 4.49. The molecular weight excluding hydrogens is 328 g/mol. The van der Waals surface area contributed by atoms with Crippen LogP contribution < -0.4 is 10.6 Å². The number of allylic oxidation sites excluding steroid dienone is 2. The van der Waals surface area contributed by atoms with Gasteiger partial charge in [0.1, 0.15) is 17.1 Å². The van der Waals surface area contributed by atoms with E-state index in [0.717, 1.165) is 48.4 Å².